The molecule has 5 rings (SSSR count). The van der Waals surface area contributed by atoms with Gasteiger partial charge in [-0.05, 0) is 62.0 Å². The fourth-order valence-electron chi connectivity index (χ4n) is 5.12. The third-order valence-electron chi connectivity index (χ3n) is 8.12. The lowest BCUT2D eigenvalue weighted by atomic mass is 9.92. The maximum atomic E-state index is 13.4. The first-order valence-corrected chi connectivity index (χ1v) is 17.2. The van der Waals surface area contributed by atoms with Crippen LogP contribution in [0.1, 0.15) is 58.3 Å². The molecule has 1 aliphatic carbocycles. The monoisotopic (exact) mass is 540 g/mol. The molecule has 4 aromatic rings. The molecule has 0 saturated heterocycles. The summed E-state index contributed by atoms with van der Waals surface area (Å²) in [6, 6.07) is 10.3. The molecule has 0 spiro atoms. The average Bonchev–Trinajstić information content (AvgIpc) is 3.46. The molecule has 1 aromatic carbocycles. The van der Waals surface area contributed by atoms with Crippen molar-refractivity contribution in [3.8, 4) is 0 Å². The van der Waals surface area contributed by atoms with Crippen LogP contribution in [0.4, 0.5) is 0 Å². The van der Waals surface area contributed by atoms with E-state index in [4.69, 9.17) is 4.43 Å². The van der Waals surface area contributed by atoms with E-state index in [1.54, 1.807) is 48.8 Å². The molecule has 0 aliphatic heterocycles. The van der Waals surface area contributed by atoms with Gasteiger partial charge in [0.15, 0.2) is 14.0 Å². The number of imidazole rings is 1. The number of aliphatic hydroxyl groups excluding tert-OH is 1. The van der Waals surface area contributed by atoms with Crippen molar-refractivity contribution in [2.45, 2.75) is 88.2 Å². The summed E-state index contributed by atoms with van der Waals surface area (Å²) >= 11 is 0. The molecule has 37 heavy (non-hydrogen) atoms. The summed E-state index contributed by atoms with van der Waals surface area (Å²) in [5.74, 6) is 0.580. The Morgan fingerprint density at radius 1 is 1.08 bits per heavy atom. The second-order valence-corrected chi connectivity index (χ2v) is 18.1. The van der Waals surface area contributed by atoms with Crippen LogP contribution in [0.25, 0.3) is 22.1 Å². The molecule has 198 valence electrons. The molecule has 0 bridgehead atoms. The summed E-state index contributed by atoms with van der Waals surface area (Å²) < 4.78 is 36.8. The molecule has 1 aliphatic rings. The fourth-order valence-corrected chi connectivity index (χ4v) is 7.86. The summed E-state index contributed by atoms with van der Waals surface area (Å²) in [6.45, 7) is 11.2. The zero-order valence-electron chi connectivity index (χ0n) is 22.2. The van der Waals surface area contributed by atoms with E-state index in [1.165, 1.54) is 3.97 Å². The zero-order valence-corrected chi connectivity index (χ0v) is 24.0. The molecule has 0 radical (unpaired) electrons. The van der Waals surface area contributed by atoms with E-state index in [9.17, 15) is 13.5 Å². The number of nitrogens with zero attached hydrogens (tertiary/aromatic N) is 4. The molecule has 3 heterocycles. The quantitative estimate of drug-likeness (QED) is 0.319. The van der Waals surface area contributed by atoms with Crippen LogP contribution >= 0.6 is 0 Å². The largest absolute Gasteiger partial charge is 0.414 e. The minimum atomic E-state index is -3.80. The van der Waals surface area contributed by atoms with Crippen molar-refractivity contribution in [1.82, 2.24) is 18.5 Å². The van der Waals surface area contributed by atoms with E-state index < -0.39 is 18.3 Å². The molecule has 3 aromatic heterocycles. The minimum Gasteiger partial charge on any atom is -0.414 e. The Balaban J connectivity index is 1.51. The SMILES string of the molecule is CC(C)(C)[Si](C)(C)OC1CCC(n2c(CO)nc3cnc4c(ccn4S(=O)(=O)c4ccccc4)c32)CC1. The van der Waals surface area contributed by atoms with Crippen LogP contribution in [-0.2, 0) is 21.1 Å². The highest BCUT2D eigenvalue weighted by Crippen LogP contribution is 2.41. The van der Waals surface area contributed by atoms with Crippen molar-refractivity contribution in [1.29, 1.82) is 0 Å². The van der Waals surface area contributed by atoms with Gasteiger partial charge in [-0.15, -0.1) is 0 Å². The van der Waals surface area contributed by atoms with Crippen molar-refractivity contribution >= 4 is 40.4 Å². The number of aliphatic hydroxyl groups is 1. The van der Waals surface area contributed by atoms with Crippen LogP contribution in [0.3, 0.4) is 0 Å². The summed E-state index contributed by atoms with van der Waals surface area (Å²) in [7, 11) is -5.65. The van der Waals surface area contributed by atoms with Gasteiger partial charge in [-0.1, -0.05) is 39.0 Å². The predicted molar refractivity (Wildman–Crippen MR) is 148 cm³/mol. The van der Waals surface area contributed by atoms with Crippen LogP contribution in [0.15, 0.2) is 53.7 Å². The van der Waals surface area contributed by atoms with Crippen molar-refractivity contribution < 1.29 is 18.0 Å². The molecule has 10 heteroatoms. The smallest absolute Gasteiger partial charge is 0.269 e. The van der Waals surface area contributed by atoms with E-state index in [0.717, 1.165) is 31.2 Å². The second-order valence-electron chi connectivity index (χ2n) is 11.5. The summed E-state index contributed by atoms with van der Waals surface area (Å²) in [5.41, 5.74) is 1.84. The third-order valence-corrected chi connectivity index (χ3v) is 14.3. The second kappa shape index (κ2) is 9.34. The van der Waals surface area contributed by atoms with Gasteiger partial charge >= 0.3 is 0 Å². The molecule has 1 saturated carbocycles. The van der Waals surface area contributed by atoms with Gasteiger partial charge in [0, 0.05) is 23.7 Å². The highest BCUT2D eigenvalue weighted by atomic mass is 32.2. The van der Waals surface area contributed by atoms with Gasteiger partial charge in [0.05, 0.1) is 16.6 Å². The van der Waals surface area contributed by atoms with Crippen molar-refractivity contribution in [2.24, 2.45) is 0 Å². The van der Waals surface area contributed by atoms with E-state index in [-0.39, 0.29) is 28.7 Å². The predicted octanol–water partition coefficient (Wildman–Crippen LogP) is 5.62. The molecule has 1 fully saturated rings. The number of pyridine rings is 1. The molecular formula is C27H36N4O4SSi. The van der Waals surface area contributed by atoms with Crippen LogP contribution in [0.5, 0.6) is 0 Å². The number of aromatic nitrogens is 4. The fraction of sp³-hybridized carbons (Fsp3) is 0.481. The van der Waals surface area contributed by atoms with E-state index in [2.05, 4.69) is 48.4 Å². The summed E-state index contributed by atoms with van der Waals surface area (Å²) in [6.07, 6.45) is 7.10. The van der Waals surface area contributed by atoms with E-state index in [1.807, 2.05) is 0 Å². The first-order chi connectivity index (χ1) is 17.4. The molecule has 1 N–H and O–H groups in total. The lowest BCUT2D eigenvalue weighted by Gasteiger charge is -2.41. The highest BCUT2D eigenvalue weighted by Gasteiger charge is 2.40. The maximum absolute atomic E-state index is 13.4. The molecular weight excluding hydrogens is 504 g/mol. The maximum Gasteiger partial charge on any atom is 0.269 e. The van der Waals surface area contributed by atoms with Crippen LogP contribution in [0.2, 0.25) is 18.1 Å². The molecule has 0 unspecified atom stereocenters. The summed E-state index contributed by atoms with van der Waals surface area (Å²) in [5, 5.41) is 11.1. The lowest BCUT2D eigenvalue weighted by molar-refractivity contribution is 0.117. The molecule has 0 atom stereocenters. The normalized spacial score (nSPS) is 19.6. The standard InChI is InChI=1S/C27H36N4O4SSi/c1-27(2,3)37(4,5)35-20-13-11-19(12-14-20)31-24(18-32)29-23-17-28-26-22(25(23)31)15-16-30(26)36(33,34)21-9-7-6-8-10-21/h6-10,15-17,19-20,32H,11-14,18H2,1-5H3. The van der Waals surface area contributed by atoms with Gasteiger partial charge in [-0.2, -0.15) is 0 Å². The Morgan fingerprint density at radius 2 is 1.76 bits per heavy atom. The molecule has 8 nitrogen and oxygen atoms in total. The van der Waals surface area contributed by atoms with E-state index in [0.29, 0.717) is 22.4 Å². The van der Waals surface area contributed by atoms with E-state index >= 15 is 0 Å². The number of hydrogen-bond acceptors (Lipinski definition) is 6. The van der Waals surface area contributed by atoms with Gasteiger partial charge in [0.1, 0.15) is 17.9 Å². The lowest BCUT2D eigenvalue weighted by Crippen LogP contribution is -2.44. The van der Waals surface area contributed by atoms with Gasteiger partial charge in [0.25, 0.3) is 10.0 Å². The number of benzene rings is 1. The Bertz CT molecular complexity index is 1530. The van der Waals surface area contributed by atoms with Gasteiger partial charge in [-0.3, -0.25) is 0 Å². The zero-order chi connectivity index (χ0) is 26.6. The third kappa shape index (κ3) is 4.54. The first-order valence-electron chi connectivity index (χ1n) is 12.9. The average molecular weight is 541 g/mol. The van der Waals surface area contributed by atoms with Gasteiger partial charge in [0.2, 0.25) is 0 Å². The first kappa shape index (κ1) is 26.1. The Kier molecular flexibility index (Phi) is 6.58. The summed E-state index contributed by atoms with van der Waals surface area (Å²) in [4.78, 5) is 9.35. The topological polar surface area (TPSA) is 99.2 Å². The Labute approximate surface area is 219 Å². The minimum absolute atomic E-state index is 0.145. The Morgan fingerprint density at radius 3 is 2.38 bits per heavy atom. The van der Waals surface area contributed by atoms with Crippen LogP contribution < -0.4 is 0 Å². The number of fused-ring (bicyclic) bond motifs is 3. The van der Waals surface area contributed by atoms with Crippen LogP contribution in [0, 0.1) is 0 Å². The number of rotatable bonds is 6. The Hall–Kier alpha value is -2.53. The van der Waals surface area contributed by atoms with Crippen molar-refractivity contribution in [2.75, 3.05) is 0 Å². The van der Waals surface area contributed by atoms with Crippen molar-refractivity contribution in [3.05, 3.63) is 54.6 Å². The number of hydrogen-bond donors (Lipinski definition) is 1. The van der Waals surface area contributed by atoms with Gasteiger partial charge < -0.3 is 14.1 Å². The van der Waals surface area contributed by atoms with Crippen LogP contribution in [-0.4, -0.2) is 46.5 Å². The molecule has 0 amide bonds. The van der Waals surface area contributed by atoms with Gasteiger partial charge in [-0.25, -0.2) is 22.4 Å². The highest BCUT2D eigenvalue weighted by molar-refractivity contribution is 7.90. The van der Waals surface area contributed by atoms with Crippen molar-refractivity contribution in [3.63, 3.8) is 0 Å².